The molecule has 1 aliphatic heterocycles. The minimum absolute atomic E-state index is 0.00943. The number of rotatable bonds is 8. The van der Waals surface area contributed by atoms with E-state index in [9.17, 15) is 4.79 Å². The van der Waals surface area contributed by atoms with Gasteiger partial charge in [-0.1, -0.05) is 30.3 Å². The summed E-state index contributed by atoms with van der Waals surface area (Å²) in [6.45, 7) is 6.96. The monoisotopic (exact) mass is 356 g/mol. The molecule has 0 spiro atoms. The lowest BCUT2D eigenvalue weighted by Crippen LogP contribution is -2.39. The van der Waals surface area contributed by atoms with E-state index in [1.54, 1.807) is 0 Å². The van der Waals surface area contributed by atoms with Gasteiger partial charge in [0.25, 0.3) is 0 Å². The van der Waals surface area contributed by atoms with Gasteiger partial charge in [-0.15, -0.1) is 0 Å². The minimum Gasteiger partial charge on any atom is -0.379 e. The van der Waals surface area contributed by atoms with Crippen molar-refractivity contribution in [3.8, 4) is 0 Å². The van der Waals surface area contributed by atoms with E-state index >= 15 is 0 Å². The highest BCUT2D eigenvalue weighted by Gasteiger charge is 2.17. The van der Waals surface area contributed by atoms with E-state index in [-0.39, 0.29) is 11.9 Å². The lowest BCUT2D eigenvalue weighted by molar-refractivity contribution is -0.122. The summed E-state index contributed by atoms with van der Waals surface area (Å²) in [6, 6.07) is 10.2. The van der Waals surface area contributed by atoms with Crippen LogP contribution >= 0.6 is 0 Å². The number of amides is 1. The molecule has 1 amide bonds. The van der Waals surface area contributed by atoms with Crippen LogP contribution in [0.4, 0.5) is 0 Å². The second kappa shape index (κ2) is 9.50. The number of nitrogens with zero attached hydrogens (tertiary/aromatic N) is 3. The molecule has 0 saturated carbocycles. The van der Waals surface area contributed by atoms with Gasteiger partial charge >= 0.3 is 0 Å². The number of benzene rings is 1. The van der Waals surface area contributed by atoms with Crippen molar-refractivity contribution in [1.82, 2.24) is 19.8 Å². The molecule has 26 heavy (non-hydrogen) atoms. The Morgan fingerprint density at radius 1 is 1.23 bits per heavy atom. The number of imidazole rings is 1. The molecule has 6 nitrogen and oxygen atoms in total. The fraction of sp³-hybridized carbons (Fsp3) is 0.500. The SMILES string of the molecule is Cc1nccn1CCC(NC(=O)CCN1CCOCC1)c1ccccc1. The summed E-state index contributed by atoms with van der Waals surface area (Å²) in [5.41, 5.74) is 1.14. The first-order chi connectivity index (χ1) is 12.7. The molecule has 1 aromatic heterocycles. The zero-order valence-electron chi connectivity index (χ0n) is 15.4. The van der Waals surface area contributed by atoms with E-state index in [1.807, 2.05) is 37.5 Å². The maximum Gasteiger partial charge on any atom is 0.221 e. The molecule has 1 aromatic carbocycles. The first-order valence-electron chi connectivity index (χ1n) is 9.34. The van der Waals surface area contributed by atoms with Crippen molar-refractivity contribution in [2.24, 2.45) is 0 Å². The number of ether oxygens (including phenoxy) is 1. The van der Waals surface area contributed by atoms with Crippen molar-refractivity contribution in [2.75, 3.05) is 32.8 Å². The van der Waals surface area contributed by atoms with Crippen LogP contribution in [0.25, 0.3) is 0 Å². The number of carbonyl (C=O) groups is 1. The largest absolute Gasteiger partial charge is 0.379 e. The van der Waals surface area contributed by atoms with Crippen molar-refractivity contribution in [3.63, 3.8) is 0 Å². The summed E-state index contributed by atoms with van der Waals surface area (Å²) in [6.07, 6.45) is 5.16. The first-order valence-corrected chi connectivity index (χ1v) is 9.34. The van der Waals surface area contributed by atoms with Gasteiger partial charge in [0.2, 0.25) is 5.91 Å². The van der Waals surface area contributed by atoms with Crippen molar-refractivity contribution < 1.29 is 9.53 Å². The van der Waals surface area contributed by atoms with Crippen LogP contribution in [0.2, 0.25) is 0 Å². The summed E-state index contributed by atoms with van der Waals surface area (Å²) < 4.78 is 7.48. The Balaban J connectivity index is 1.56. The highest BCUT2D eigenvalue weighted by Crippen LogP contribution is 2.18. The van der Waals surface area contributed by atoms with E-state index in [0.29, 0.717) is 6.42 Å². The number of carbonyl (C=O) groups excluding carboxylic acids is 1. The Bertz CT molecular complexity index is 680. The molecule has 1 atom stereocenters. The van der Waals surface area contributed by atoms with Crippen molar-refractivity contribution >= 4 is 5.91 Å². The average molecular weight is 356 g/mol. The highest BCUT2D eigenvalue weighted by atomic mass is 16.5. The average Bonchev–Trinajstić information content (AvgIpc) is 3.10. The van der Waals surface area contributed by atoms with Crippen LogP contribution in [0.1, 0.15) is 30.3 Å². The Kier molecular flexibility index (Phi) is 6.80. The predicted molar refractivity (Wildman–Crippen MR) is 101 cm³/mol. The molecule has 2 aromatic rings. The zero-order valence-corrected chi connectivity index (χ0v) is 15.4. The van der Waals surface area contributed by atoms with Gasteiger partial charge < -0.3 is 14.6 Å². The van der Waals surface area contributed by atoms with Crippen molar-refractivity contribution in [3.05, 3.63) is 54.1 Å². The molecule has 2 heterocycles. The molecule has 0 aliphatic carbocycles. The lowest BCUT2D eigenvalue weighted by Gasteiger charge is -2.26. The van der Waals surface area contributed by atoms with Crippen LogP contribution in [-0.2, 0) is 16.1 Å². The number of hydrogen-bond donors (Lipinski definition) is 1. The van der Waals surface area contributed by atoms with Gasteiger partial charge in [-0.05, 0) is 18.9 Å². The third-order valence-corrected chi connectivity index (χ3v) is 4.88. The topological polar surface area (TPSA) is 59.4 Å². The normalized spacial score (nSPS) is 16.3. The van der Waals surface area contributed by atoms with Gasteiger partial charge in [-0.25, -0.2) is 4.98 Å². The molecular weight excluding hydrogens is 328 g/mol. The molecule has 1 saturated heterocycles. The van der Waals surface area contributed by atoms with E-state index < -0.39 is 0 Å². The molecule has 1 aliphatic rings. The molecule has 1 unspecified atom stereocenters. The number of hydrogen-bond acceptors (Lipinski definition) is 4. The van der Waals surface area contributed by atoms with Gasteiger partial charge in [-0.2, -0.15) is 0 Å². The molecule has 140 valence electrons. The van der Waals surface area contributed by atoms with Crippen LogP contribution in [0.3, 0.4) is 0 Å². The van der Waals surface area contributed by atoms with Crippen molar-refractivity contribution in [1.29, 1.82) is 0 Å². The first kappa shape index (κ1) is 18.6. The number of aromatic nitrogens is 2. The molecular formula is C20H28N4O2. The van der Waals surface area contributed by atoms with E-state index in [0.717, 1.165) is 57.2 Å². The maximum atomic E-state index is 12.5. The van der Waals surface area contributed by atoms with Crippen LogP contribution in [0.15, 0.2) is 42.7 Å². The summed E-state index contributed by atoms with van der Waals surface area (Å²) in [4.78, 5) is 19.1. The second-order valence-corrected chi connectivity index (χ2v) is 6.69. The van der Waals surface area contributed by atoms with Gasteiger partial charge in [0, 0.05) is 45.0 Å². The number of morpholine rings is 1. The summed E-state index contributed by atoms with van der Waals surface area (Å²) >= 11 is 0. The number of aryl methyl sites for hydroxylation is 2. The van der Waals surface area contributed by atoms with Gasteiger partial charge in [0.15, 0.2) is 0 Å². The van der Waals surface area contributed by atoms with E-state index in [1.165, 1.54) is 0 Å². The van der Waals surface area contributed by atoms with Crippen LogP contribution in [0, 0.1) is 6.92 Å². The molecule has 1 fully saturated rings. The van der Waals surface area contributed by atoms with Crippen LogP contribution in [0.5, 0.6) is 0 Å². The maximum absolute atomic E-state index is 12.5. The smallest absolute Gasteiger partial charge is 0.221 e. The van der Waals surface area contributed by atoms with Gasteiger partial charge in [-0.3, -0.25) is 9.69 Å². The second-order valence-electron chi connectivity index (χ2n) is 6.69. The van der Waals surface area contributed by atoms with Gasteiger partial charge in [0.1, 0.15) is 5.82 Å². The molecule has 3 rings (SSSR count). The third kappa shape index (κ3) is 5.41. The molecule has 6 heteroatoms. The molecule has 1 N–H and O–H groups in total. The highest BCUT2D eigenvalue weighted by molar-refractivity contribution is 5.76. The number of nitrogens with one attached hydrogen (secondary N) is 1. The van der Waals surface area contributed by atoms with Crippen LogP contribution < -0.4 is 5.32 Å². The predicted octanol–water partition coefficient (Wildman–Crippen LogP) is 2.16. The van der Waals surface area contributed by atoms with Crippen molar-refractivity contribution in [2.45, 2.75) is 32.4 Å². The summed E-state index contributed by atoms with van der Waals surface area (Å²) in [7, 11) is 0. The Morgan fingerprint density at radius 2 is 2.00 bits per heavy atom. The quantitative estimate of drug-likeness (QED) is 0.787. The van der Waals surface area contributed by atoms with E-state index in [2.05, 4.69) is 31.9 Å². The molecule has 0 radical (unpaired) electrons. The fourth-order valence-electron chi connectivity index (χ4n) is 3.27. The summed E-state index contributed by atoms with van der Waals surface area (Å²) in [5.74, 6) is 1.10. The van der Waals surface area contributed by atoms with Crippen LogP contribution in [-0.4, -0.2) is 53.2 Å². The Hall–Kier alpha value is -2.18. The lowest BCUT2D eigenvalue weighted by atomic mass is 10.0. The standard InChI is InChI=1S/C20H28N4O2/c1-17-21-9-12-24(17)11-7-19(18-5-3-2-4-6-18)22-20(25)8-10-23-13-15-26-16-14-23/h2-6,9,12,19H,7-8,10-11,13-16H2,1H3,(H,22,25). The van der Waals surface area contributed by atoms with E-state index in [4.69, 9.17) is 4.74 Å². The zero-order chi connectivity index (χ0) is 18.2. The van der Waals surface area contributed by atoms with Gasteiger partial charge in [0.05, 0.1) is 19.3 Å². The molecule has 0 bridgehead atoms. The fourth-order valence-corrected chi connectivity index (χ4v) is 3.27. The summed E-state index contributed by atoms with van der Waals surface area (Å²) in [5, 5.41) is 3.22. The Labute approximate surface area is 155 Å². The Morgan fingerprint density at radius 3 is 2.69 bits per heavy atom. The third-order valence-electron chi connectivity index (χ3n) is 4.88. The minimum atomic E-state index is 0.00943.